The third-order valence-electron chi connectivity index (χ3n) is 8.48. The molecule has 2 aliphatic carbocycles. The number of aliphatic hydroxyl groups excluding tert-OH is 1. The van der Waals surface area contributed by atoms with Gasteiger partial charge in [-0.15, -0.1) is 0 Å². The average molecular weight is 431 g/mol. The molecule has 1 saturated carbocycles. The summed E-state index contributed by atoms with van der Waals surface area (Å²) in [7, 11) is 0. The Labute approximate surface area is 184 Å². The van der Waals surface area contributed by atoms with Crippen molar-refractivity contribution in [2.45, 2.75) is 83.9 Å². The summed E-state index contributed by atoms with van der Waals surface area (Å²) in [6, 6.07) is 0. The van der Waals surface area contributed by atoms with Crippen molar-refractivity contribution in [3.05, 3.63) is 22.8 Å². The first-order valence-corrected chi connectivity index (χ1v) is 11.8. The second-order valence-corrected chi connectivity index (χ2v) is 10.9. The number of cyclic esters (lactones) is 1. The van der Waals surface area contributed by atoms with Crippen molar-refractivity contribution in [2.24, 2.45) is 29.6 Å². The zero-order valence-corrected chi connectivity index (χ0v) is 19.1. The van der Waals surface area contributed by atoms with Gasteiger partial charge in [-0.1, -0.05) is 20.8 Å². The summed E-state index contributed by atoms with van der Waals surface area (Å²) in [5.41, 5.74) is 1.85. The van der Waals surface area contributed by atoms with Crippen LogP contribution in [0, 0.1) is 29.6 Å². The van der Waals surface area contributed by atoms with E-state index < -0.39 is 17.5 Å². The number of aliphatic hydroxyl groups is 1. The fourth-order valence-electron chi connectivity index (χ4n) is 7.18. The number of rotatable bonds is 3. The van der Waals surface area contributed by atoms with Crippen LogP contribution in [0.15, 0.2) is 22.8 Å². The molecular weight excluding hydrogens is 396 g/mol. The van der Waals surface area contributed by atoms with Gasteiger partial charge in [0.15, 0.2) is 11.6 Å². The molecule has 1 N–H and O–H groups in total. The molecule has 31 heavy (non-hydrogen) atoms. The average Bonchev–Trinajstić information content (AvgIpc) is 3.37. The zero-order valence-electron chi connectivity index (χ0n) is 19.1. The Morgan fingerprint density at radius 2 is 1.97 bits per heavy atom. The van der Waals surface area contributed by atoms with Gasteiger partial charge < -0.3 is 19.3 Å². The highest BCUT2D eigenvalue weighted by molar-refractivity contribution is 6.02. The molecule has 1 saturated heterocycles. The summed E-state index contributed by atoms with van der Waals surface area (Å²) in [5.74, 6) is -0.805. The smallest absolute Gasteiger partial charge is 0.331 e. The minimum atomic E-state index is -0.883. The van der Waals surface area contributed by atoms with Gasteiger partial charge in [-0.25, -0.2) is 4.79 Å². The Kier molecular flexibility index (Phi) is 4.82. The second kappa shape index (κ2) is 7.00. The normalized spacial score (nSPS) is 49.0. The van der Waals surface area contributed by atoms with Gasteiger partial charge in [0.25, 0.3) is 0 Å². The minimum Gasteiger partial charge on any atom is -0.455 e. The van der Waals surface area contributed by atoms with E-state index >= 15 is 0 Å². The van der Waals surface area contributed by atoms with Gasteiger partial charge in [0, 0.05) is 35.5 Å². The van der Waals surface area contributed by atoms with Crippen molar-refractivity contribution >= 4 is 11.8 Å². The summed E-state index contributed by atoms with van der Waals surface area (Å²) in [5, 5.41) is 10.8. The van der Waals surface area contributed by atoms with E-state index in [1.54, 1.807) is 0 Å². The maximum absolute atomic E-state index is 13.9. The lowest BCUT2D eigenvalue weighted by Crippen LogP contribution is -2.43. The lowest BCUT2D eigenvalue weighted by atomic mass is 9.64. The van der Waals surface area contributed by atoms with E-state index in [1.165, 1.54) is 6.08 Å². The number of ether oxygens (including phenoxy) is 3. The highest BCUT2D eigenvalue weighted by Gasteiger charge is 2.65. The number of hydrogen-bond donors (Lipinski definition) is 1. The summed E-state index contributed by atoms with van der Waals surface area (Å²) in [4.78, 5) is 25.6. The Hall–Kier alpha value is -1.50. The van der Waals surface area contributed by atoms with Crippen LogP contribution in [0.4, 0.5) is 0 Å². The van der Waals surface area contributed by atoms with E-state index in [2.05, 4.69) is 20.8 Å². The molecule has 5 aliphatic rings. The third kappa shape index (κ3) is 3.01. The fraction of sp³-hybridized carbons (Fsp3) is 0.760. The molecule has 0 unspecified atom stereocenters. The van der Waals surface area contributed by atoms with Gasteiger partial charge in [-0.2, -0.15) is 0 Å². The van der Waals surface area contributed by atoms with Crippen LogP contribution in [0.2, 0.25) is 0 Å². The van der Waals surface area contributed by atoms with E-state index in [0.29, 0.717) is 31.8 Å². The summed E-state index contributed by atoms with van der Waals surface area (Å²) in [6.45, 7) is 10.9. The number of carbonyl (C=O) groups is 2. The van der Waals surface area contributed by atoms with E-state index in [9.17, 15) is 14.7 Å². The van der Waals surface area contributed by atoms with Crippen molar-refractivity contribution in [3.8, 4) is 0 Å². The molecule has 0 radical (unpaired) electrons. The van der Waals surface area contributed by atoms with Crippen LogP contribution >= 0.6 is 0 Å². The Morgan fingerprint density at radius 3 is 2.58 bits per heavy atom. The molecule has 5 rings (SSSR count). The predicted octanol–water partition coefficient (Wildman–Crippen LogP) is 3.33. The zero-order chi connectivity index (χ0) is 22.3. The summed E-state index contributed by atoms with van der Waals surface area (Å²) < 4.78 is 18.5. The van der Waals surface area contributed by atoms with Crippen LogP contribution in [0.1, 0.15) is 60.3 Å². The molecule has 0 bridgehead atoms. The van der Waals surface area contributed by atoms with Crippen LogP contribution in [0.5, 0.6) is 0 Å². The molecular formula is C25H34O6. The standard InChI is InChI=1S/C25H34O6/c1-12-10-25(29-11-12)21-15(4)20-16(26)8-14(3)19(20)23(28)22(21)24(5,31-25)7-6-17-13(2)9-18(27)30-17/h9,12,14-17,19-20,26H,6-8,10-11H2,1-5H3/t12-,14+,15-,16+,17+,19-,20+,24-,25+/m1/s1. The SMILES string of the molecule is CC1=CC(=O)O[C@H]1CC[C@@]1(C)O[C@@]2(C[C@@H](C)CO2)C2=C1C(=O)[C@H]1[C@H]([C@@H](O)C[C@@H]1C)[C@H]2C. The number of esters is 1. The molecule has 0 aromatic heterocycles. The van der Waals surface area contributed by atoms with Gasteiger partial charge in [0.1, 0.15) is 6.10 Å². The number of hydrogen-bond acceptors (Lipinski definition) is 6. The van der Waals surface area contributed by atoms with Gasteiger partial charge in [-0.3, -0.25) is 4.79 Å². The molecule has 3 aliphatic heterocycles. The first-order valence-electron chi connectivity index (χ1n) is 11.8. The van der Waals surface area contributed by atoms with Crippen molar-refractivity contribution in [1.29, 1.82) is 0 Å². The highest BCUT2D eigenvalue weighted by atomic mass is 16.7. The lowest BCUT2D eigenvalue weighted by molar-refractivity contribution is -0.219. The fourth-order valence-corrected chi connectivity index (χ4v) is 7.18. The number of carbonyl (C=O) groups excluding carboxylic acids is 2. The molecule has 6 heteroatoms. The van der Waals surface area contributed by atoms with Crippen LogP contribution in [-0.2, 0) is 23.8 Å². The highest BCUT2D eigenvalue weighted by Crippen LogP contribution is 2.61. The first kappa shape index (κ1) is 21.4. The Bertz CT molecular complexity index is 888. The van der Waals surface area contributed by atoms with Crippen LogP contribution in [0.3, 0.4) is 0 Å². The first-order chi connectivity index (χ1) is 14.6. The molecule has 3 heterocycles. The number of fused-ring (bicyclic) bond motifs is 2. The third-order valence-corrected chi connectivity index (χ3v) is 8.48. The molecule has 1 spiro atoms. The van der Waals surface area contributed by atoms with E-state index in [-0.39, 0.29) is 41.5 Å². The van der Waals surface area contributed by atoms with Crippen LogP contribution in [0.25, 0.3) is 0 Å². The van der Waals surface area contributed by atoms with Crippen molar-refractivity contribution in [1.82, 2.24) is 0 Å². The molecule has 0 aromatic carbocycles. The van der Waals surface area contributed by atoms with Crippen LogP contribution < -0.4 is 0 Å². The molecule has 0 amide bonds. The van der Waals surface area contributed by atoms with Crippen molar-refractivity contribution in [2.75, 3.05) is 6.61 Å². The molecule has 170 valence electrons. The molecule has 6 nitrogen and oxygen atoms in total. The minimum absolute atomic E-state index is 0.0238. The lowest BCUT2D eigenvalue weighted by Gasteiger charge is -2.39. The second-order valence-electron chi connectivity index (χ2n) is 10.9. The summed E-state index contributed by atoms with van der Waals surface area (Å²) in [6.07, 6.45) is 3.35. The number of Topliss-reactive ketones (excluding diaryl/α,β-unsaturated/α-hetero) is 1. The number of ketones is 1. The molecule has 2 fully saturated rings. The van der Waals surface area contributed by atoms with Gasteiger partial charge in [0.2, 0.25) is 0 Å². The molecule has 0 aromatic rings. The van der Waals surface area contributed by atoms with Crippen molar-refractivity contribution < 1.29 is 28.9 Å². The van der Waals surface area contributed by atoms with E-state index in [4.69, 9.17) is 14.2 Å². The molecule has 9 atom stereocenters. The maximum Gasteiger partial charge on any atom is 0.331 e. The quantitative estimate of drug-likeness (QED) is 0.692. The predicted molar refractivity (Wildman–Crippen MR) is 113 cm³/mol. The summed E-state index contributed by atoms with van der Waals surface area (Å²) >= 11 is 0. The van der Waals surface area contributed by atoms with E-state index in [1.807, 2.05) is 13.8 Å². The topological polar surface area (TPSA) is 82.1 Å². The van der Waals surface area contributed by atoms with Gasteiger partial charge in [0.05, 0.1) is 18.3 Å². The van der Waals surface area contributed by atoms with Crippen LogP contribution in [-0.4, -0.2) is 47.1 Å². The Morgan fingerprint density at radius 1 is 1.23 bits per heavy atom. The van der Waals surface area contributed by atoms with Gasteiger partial charge in [-0.05, 0) is 56.4 Å². The van der Waals surface area contributed by atoms with E-state index in [0.717, 1.165) is 23.1 Å². The maximum atomic E-state index is 13.9. The monoisotopic (exact) mass is 430 g/mol. The van der Waals surface area contributed by atoms with Gasteiger partial charge >= 0.3 is 5.97 Å². The largest absolute Gasteiger partial charge is 0.455 e. The Balaban J connectivity index is 1.54. The van der Waals surface area contributed by atoms with Crippen molar-refractivity contribution in [3.63, 3.8) is 0 Å².